The number of nitrogens with zero attached hydrogens (tertiary/aromatic N) is 4. The standard InChI is InChI=1S/C24H22F5N5O/c1-14-4-2-9-34(20(14)13-33-21-6-5-15(12-32-21)24(27,28)29)23(35)17-11-19(26)18(25)10-16(17)22-30-7-3-8-31-22/h3,5-8,10-12,14,20H,2,4,9,13H2,1H3,(H,32,33). The SMILES string of the molecule is CC1CCCN(C(=O)c2cc(F)c(F)cc2-c2ncccn2)C1CNc1ccc(C(F)(F)F)cn1. The lowest BCUT2D eigenvalue weighted by atomic mass is 9.89. The van der Waals surface area contributed by atoms with E-state index in [4.69, 9.17) is 0 Å². The van der Waals surface area contributed by atoms with E-state index in [9.17, 15) is 26.7 Å². The van der Waals surface area contributed by atoms with Crippen LogP contribution in [0.4, 0.5) is 27.8 Å². The second-order valence-electron chi connectivity index (χ2n) is 8.38. The van der Waals surface area contributed by atoms with Gasteiger partial charge in [0.2, 0.25) is 0 Å². The molecule has 1 aliphatic heterocycles. The summed E-state index contributed by atoms with van der Waals surface area (Å²) in [4.78, 5) is 27.1. The van der Waals surface area contributed by atoms with Crippen molar-refractivity contribution in [2.75, 3.05) is 18.4 Å². The number of likely N-dealkylation sites (tertiary alicyclic amines) is 1. The van der Waals surface area contributed by atoms with E-state index < -0.39 is 29.3 Å². The lowest BCUT2D eigenvalue weighted by Crippen LogP contribution is -2.51. The molecule has 3 aromatic rings. The molecule has 1 amide bonds. The van der Waals surface area contributed by atoms with Crippen molar-refractivity contribution in [2.24, 2.45) is 5.92 Å². The molecule has 1 saturated heterocycles. The van der Waals surface area contributed by atoms with Crippen LogP contribution in [-0.2, 0) is 6.18 Å². The number of piperidine rings is 1. The highest BCUT2D eigenvalue weighted by Crippen LogP contribution is 2.31. The van der Waals surface area contributed by atoms with E-state index in [1.54, 1.807) is 11.0 Å². The fourth-order valence-electron chi connectivity index (χ4n) is 4.19. The summed E-state index contributed by atoms with van der Waals surface area (Å²) in [6.07, 6.45) is 0.654. The largest absolute Gasteiger partial charge is 0.417 e. The summed E-state index contributed by atoms with van der Waals surface area (Å²) >= 11 is 0. The molecule has 184 valence electrons. The molecule has 0 aliphatic carbocycles. The number of rotatable bonds is 5. The van der Waals surface area contributed by atoms with Crippen molar-refractivity contribution < 1.29 is 26.7 Å². The summed E-state index contributed by atoms with van der Waals surface area (Å²) in [5.74, 6) is -2.44. The molecule has 1 aliphatic rings. The number of hydrogen-bond acceptors (Lipinski definition) is 5. The molecule has 2 unspecified atom stereocenters. The fraction of sp³-hybridized carbons (Fsp3) is 0.333. The van der Waals surface area contributed by atoms with Crippen LogP contribution >= 0.6 is 0 Å². The maximum absolute atomic E-state index is 14.2. The fourth-order valence-corrected chi connectivity index (χ4v) is 4.19. The highest BCUT2D eigenvalue weighted by atomic mass is 19.4. The topological polar surface area (TPSA) is 71.0 Å². The number of alkyl halides is 3. The Morgan fingerprint density at radius 1 is 1.11 bits per heavy atom. The first-order valence-corrected chi connectivity index (χ1v) is 11.0. The normalized spacial score (nSPS) is 18.4. The van der Waals surface area contributed by atoms with Crippen molar-refractivity contribution in [3.8, 4) is 11.4 Å². The summed E-state index contributed by atoms with van der Waals surface area (Å²) in [5.41, 5.74) is -0.856. The quantitative estimate of drug-likeness (QED) is 0.498. The molecule has 4 rings (SSSR count). The van der Waals surface area contributed by atoms with E-state index >= 15 is 0 Å². The molecule has 1 aromatic carbocycles. The minimum atomic E-state index is -4.49. The Morgan fingerprint density at radius 2 is 1.83 bits per heavy atom. The van der Waals surface area contributed by atoms with Gasteiger partial charge >= 0.3 is 6.18 Å². The number of halogens is 5. The highest BCUT2D eigenvalue weighted by molar-refractivity contribution is 6.00. The maximum atomic E-state index is 14.2. The van der Waals surface area contributed by atoms with Crippen molar-refractivity contribution in [3.63, 3.8) is 0 Å². The van der Waals surface area contributed by atoms with Crippen LogP contribution in [0.2, 0.25) is 0 Å². The van der Waals surface area contributed by atoms with E-state index in [1.165, 1.54) is 18.5 Å². The summed E-state index contributed by atoms with van der Waals surface area (Å²) in [7, 11) is 0. The minimum absolute atomic E-state index is 0.0383. The number of aromatic nitrogens is 3. The summed E-state index contributed by atoms with van der Waals surface area (Å²) in [6, 6.07) is 5.11. The average molecular weight is 491 g/mol. The number of amides is 1. The van der Waals surface area contributed by atoms with Crippen LogP contribution in [0.5, 0.6) is 0 Å². The monoisotopic (exact) mass is 491 g/mol. The Labute approximate surface area is 198 Å². The van der Waals surface area contributed by atoms with Crippen LogP contribution in [0.15, 0.2) is 48.9 Å². The molecule has 6 nitrogen and oxygen atoms in total. The smallest absolute Gasteiger partial charge is 0.368 e. The van der Waals surface area contributed by atoms with Crippen LogP contribution in [0.25, 0.3) is 11.4 Å². The van der Waals surface area contributed by atoms with Crippen LogP contribution in [-0.4, -0.2) is 44.9 Å². The predicted molar refractivity (Wildman–Crippen MR) is 118 cm³/mol. The van der Waals surface area contributed by atoms with Gasteiger partial charge in [0.25, 0.3) is 5.91 Å². The van der Waals surface area contributed by atoms with E-state index in [0.717, 1.165) is 30.8 Å². The second-order valence-corrected chi connectivity index (χ2v) is 8.38. The Balaban J connectivity index is 1.60. The summed E-state index contributed by atoms with van der Waals surface area (Å²) in [6.45, 7) is 2.55. The molecule has 2 atom stereocenters. The highest BCUT2D eigenvalue weighted by Gasteiger charge is 2.34. The lowest BCUT2D eigenvalue weighted by molar-refractivity contribution is -0.137. The van der Waals surface area contributed by atoms with E-state index in [1.807, 2.05) is 6.92 Å². The molecule has 0 bridgehead atoms. The van der Waals surface area contributed by atoms with Crippen molar-refractivity contribution in [1.82, 2.24) is 19.9 Å². The maximum Gasteiger partial charge on any atom is 0.417 e. The number of carbonyl (C=O) groups is 1. The van der Waals surface area contributed by atoms with Gasteiger partial charge in [0.1, 0.15) is 5.82 Å². The van der Waals surface area contributed by atoms with Gasteiger partial charge in [0.15, 0.2) is 17.5 Å². The third-order valence-electron chi connectivity index (χ3n) is 6.06. The van der Waals surface area contributed by atoms with Crippen LogP contribution < -0.4 is 5.32 Å². The van der Waals surface area contributed by atoms with Crippen molar-refractivity contribution >= 4 is 11.7 Å². The Kier molecular flexibility index (Phi) is 6.95. The zero-order chi connectivity index (χ0) is 25.2. The van der Waals surface area contributed by atoms with Gasteiger partial charge in [0, 0.05) is 37.2 Å². The van der Waals surface area contributed by atoms with Gasteiger partial charge in [-0.2, -0.15) is 13.2 Å². The van der Waals surface area contributed by atoms with Gasteiger partial charge in [-0.3, -0.25) is 4.79 Å². The van der Waals surface area contributed by atoms with Gasteiger partial charge < -0.3 is 10.2 Å². The van der Waals surface area contributed by atoms with Gasteiger partial charge in [-0.05, 0) is 49.1 Å². The van der Waals surface area contributed by atoms with Gasteiger partial charge in [-0.15, -0.1) is 0 Å². The molecule has 1 fully saturated rings. The third-order valence-corrected chi connectivity index (χ3v) is 6.06. The molecule has 2 aromatic heterocycles. The molecule has 3 heterocycles. The van der Waals surface area contributed by atoms with E-state index in [-0.39, 0.29) is 41.3 Å². The predicted octanol–water partition coefficient (Wildman–Crippen LogP) is 5.19. The molecule has 35 heavy (non-hydrogen) atoms. The molecule has 1 N–H and O–H groups in total. The number of carbonyl (C=O) groups excluding carboxylic acids is 1. The second kappa shape index (κ2) is 9.93. The number of pyridine rings is 1. The molecule has 0 saturated carbocycles. The van der Waals surface area contributed by atoms with Crippen molar-refractivity contribution in [2.45, 2.75) is 32.0 Å². The Morgan fingerprint density at radius 3 is 2.49 bits per heavy atom. The first-order valence-electron chi connectivity index (χ1n) is 11.0. The van der Waals surface area contributed by atoms with Gasteiger partial charge in [0.05, 0.1) is 17.2 Å². The van der Waals surface area contributed by atoms with Crippen LogP contribution in [0, 0.1) is 17.6 Å². The van der Waals surface area contributed by atoms with Gasteiger partial charge in [-0.1, -0.05) is 6.92 Å². The molecule has 0 radical (unpaired) electrons. The molecule has 11 heteroatoms. The summed E-state index contributed by atoms with van der Waals surface area (Å²) in [5, 5.41) is 3.00. The first kappa shape index (κ1) is 24.5. The van der Waals surface area contributed by atoms with E-state index in [2.05, 4.69) is 20.3 Å². The van der Waals surface area contributed by atoms with E-state index in [0.29, 0.717) is 13.0 Å². The number of hydrogen-bond donors (Lipinski definition) is 1. The number of nitrogens with one attached hydrogen (secondary N) is 1. The molecule has 0 spiro atoms. The van der Waals surface area contributed by atoms with Crippen LogP contribution in [0.3, 0.4) is 0 Å². The lowest BCUT2D eigenvalue weighted by Gasteiger charge is -2.40. The molecular weight excluding hydrogens is 469 g/mol. The Hall–Kier alpha value is -3.63. The zero-order valence-corrected chi connectivity index (χ0v) is 18.7. The molecular formula is C24H22F5N5O. The first-order chi connectivity index (χ1) is 16.6. The zero-order valence-electron chi connectivity index (χ0n) is 18.7. The number of benzene rings is 1. The third kappa shape index (κ3) is 5.39. The Bertz CT molecular complexity index is 1190. The average Bonchev–Trinajstić information content (AvgIpc) is 2.84. The number of anilines is 1. The summed E-state index contributed by atoms with van der Waals surface area (Å²) < 4.78 is 66.6. The minimum Gasteiger partial charge on any atom is -0.368 e. The van der Waals surface area contributed by atoms with Gasteiger partial charge in [-0.25, -0.2) is 23.7 Å². The van der Waals surface area contributed by atoms with Crippen LogP contribution in [0.1, 0.15) is 35.7 Å². The van der Waals surface area contributed by atoms with Crippen molar-refractivity contribution in [3.05, 3.63) is 71.7 Å². The van der Waals surface area contributed by atoms with Crippen molar-refractivity contribution in [1.29, 1.82) is 0 Å².